The molecule has 1 heterocycles. The number of ether oxygens (including phenoxy) is 1. The van der Waals surface area contributed by atoms with Crippen LogP contribution >= 0.6 is 23.4 Å². The first-order valence-electron chi connectivity index (χ1n) is 9.40. The number of carbonyl (C=O) groups is 1. The summed E-state index contributed by atoms with van der Waals surface area (Å²) in [4.78, 5) is 16.6. The van der Waals surface area contributed by atoms with E-state index in [4.69, 9.17) is 16.3 Å². The number of nitrogens with one attached hydrogen (secondary N) is 1. The molecule has 150 valence electrons. The summed E-state index contributed by atoms with van der Waals surface area (Å²) in [5.41, 5.74) is 2.02. The smallest absolute Gasteiger partial charge is 0.321 e. The molecule has 2 aromatic rings. The number of thioether (sulfide) groups is 1. The first kappa shape index (κ1) is 20.8. The van der Waals surface area contributed by atoms with Crippen molar-refractivity contribution in [3.63, 3.8) is 0 Å². The van der Waals surface area contributed by atoms with Gasteiger partial charge in [-0.15, -0.1) is 0 Å². The standard InChI is InChI=1S/C21H26ClN3O2S/c1-24(10-13-27-19-8-6-18(22)7-9-19)21(26)23-20-5-3-2-4-17(20)16-25-11-14-28-15-12-25/h2-9H,10-16H2,1H3,(H,23,26). The van der Waals surface area contributed by atoms with Gasteiger partial charge in [-0.3, -0.25) is 4.90 Å². The van der Waals surface area contributed by atoms with Crippen molar-refractivity contribution in [2.45, 2.75) is 6.54 Å². The predicted octanol–water partition coefficient (Wildman–Crippen LogP) is 4.43. The Morgan fingerprint density at radius 3 is 2.64 bits per heavy atom. The molecule has 0 aliphatic carbocycles. The average molecular weight is 420 g/mol. The molecule has 2 amide bonds. The lowest BCUT2D eigenvalue weighted by Crippen LogP contribution is -2.35. The number of amides is 2. The van der Waals surface area contributed by atoms with Gasteiger partial charge in [-0.25, -0.2) is 4.79 Å². The topological polar surface area (TPSA) is 44.8 Å². The lowest BCUT2D eigenvalue weighted by atomic mass is 10.1. The van der Waals surface area contributed by atoms with Gasteiger partial charge in [0.05, 0.1) is 6.54 Å². The van der Waals surface area contributed by atoms with Crippen LogP contribution in [0.25, 0.3) is 0 Å². The van der Waals surface area contributed by atoms with Crippen molar-refractivity contribution in [2.24, 2.45) is 0 Å². The minimum Gasteiger partial charge on any atom is -0.492 e. The minimum atomic E-state index is -0.138. The van der Waals surface area contributed by atoms with E-state index in [9.17, 15) is 4.79 Å². The van der Waals surface area contributed by atoms with E-state index in [0.717, 1.165) is 36.6 Å². The monoisotopic (exact) mass is 419 g/mol. The minimum absolute atomic E-state index is 0.138. The summed E-state index contributed by atoms with van der Waals surface area (Å²) in [6, 6.07) is 15.1. The second kappa shape index (κ2) is 10.6. The number of benzene rings is 2. The number of likely N-dealkylation sites (N-methyl/N-ethyl adjacent to an activating group) is 1. The van der Waals surface area contributed by atoms with E-state index in [1.807, 2.05) is 42.1 Å². The number of nitrogens with zero attached hydrogens (tertiary/aromatic N) is 2. The number of rotatable bonds is 7. The van der Waals surface area contributed by atoms with Gasteiger partial charge in [0.1, 0.15) is 12.4 Å². The van der Waals surface area contributed by atoms with Gasteiger partial charge in [0.2, 0.25) is 0 Å². The Morgan fingerprint density at radius 1 is 1.18 bits per heavy atom. The van der Waals surface area contributed by atoms with E-state index in [1.54, 1.807) is 24.1 Å². The van der Waals surface area contributed by atoms with Crippen molar-refractivity contribution in [2.75, 3.05) is 50.1 Å². The zero-order valence-electron chi connectivity index (χ0n) is 16.1. The van der Waals surface area contributed by atoms with E-state index in [1.165, 1.54) is 11.5 Å². The fourth-order valence-corrected chi connectivity index (χ4v) is 4.03. The average Bonchev–Trinajstić information content (AvgIpc) is 2.71. The number of hydrogen-bond donors (Lipinski definition) is 1. The van der Waals surface area contributed by atoms with Gasteiger partial charge in [0.25, 0.3) is 0 Å². The molecule has 5 nitrogen and oxygen atoms in total. The van der Waals surface area contributed by atoms with Crippen molar-refractivity contribution in [1.29, 1.82) is 0 Å². The summed E-state index contributed by atoms with van der Waals surface area (Å²) in [6.45, 7) is 3.95. The van der Waals surface area contributed by atoms with E-state index in [0.29, 0.717) is 18.2 Å². The number of hydrogen-bond acceptors (Lipinski definition) is 4. The lowest BCUT2D eigenvalue weighted by Gasteiger charge is -2.27. The first-order valence-corrected chi connectivity index (χ1v) is 10.9. The molecule has 1 N–H and O–H groups in total. The fraction of sp³-hybridized carbons (Fsp3) is 0.381. The van der Waals surface area contributed by atoms with Crippen LogP contribution in [0.5, 0.6) is 5.75 Å². The Balaban J connectivity index is 1.49. The SMILES string of the molecule is CN(CCOc1ccc(Cl)cc1)C(=O)Nc1ccccc1CN1CCSCC1. The molecule has 0 aromatic heterocycles. The maximum atomic E-state index is 12.6. The molecule has 0 bridgehead atoms. The quantitative estimate of drug-likeness (QED) is 0.721. The van der Waals surface area contributed by atoms with Crippen LogP contribution in [-0.2, 0) is 6.54 Å². The molecule has 7 heteroatoms. The van der Waals surface area contributed by atoms with Crippen LogP contribution in [0.2, 0.25) is 5.02 Å². The van der Waals surface area contributed by atoms with Crippen LogP contribution in [0, 0.1) is 0 Å². The van der Waals surface area contributed by atoms with Crippen LogP contribution < -0.4 is 10.1 Å². The third kappa shape index (κ3) is 6.33. The van der Waals surface area contributed by atoms with Crippen molar-refractivity contribution < 1.29 is 9.53 Å². The second-order valence-electron chi connectivity index (χ2n) is 6.70. The summed E-state index contributed by atoms with van der Waals surface area (Å²) in [7, 11) is 1.77. The van der Waals surface area contributed by atoms with Gasteiger partial charge in [-0.1, -0.05) is 29.8 Å². The molecule has 1 aliphatic heterocycles. The highest BCUT2D eigenvalue weighted by molar-refractivity contribution is 7.99. The number of para-hydroxylation sites is 1. The number of halogens is 1. The molecule has 0 atom stereocenters. The van der Waals surface area contributed by atoms with Gasteiger partial charge in [0.15, 0.2) is 0 Å². The Kier molecular flexibility index (Phi) is 7.89. The summed E-state index contributed by atoms with van der Waals surface area (Å²) in [5.74, 6) is 3.08. The van der Waals surface area contributed by atoms with Crippen LogP contribution in [0.3, 0.4) is 0 Å². The largest absolute Gasteiger partial charge is 0.492 e. The van der Waals surface area contributed by atoms with Crippen molar-refractivity contribution in [3.8, 4) is 5.75 Å². The van der Waals surface area contributed by atoms with E-state index >= 15 is 0 Å². The fourth-order valence-electron chi connectivity index (χ4n) is 2.92. The first-order chi connectivity index (χ1) is 13.6. The summed E-state index contributed by atoms with van der Waals surface area (Å²) in [6.07, 6.45) is 0. The van der Waals surface area contributed by atoms with Crippen LogP contribution in [0.4, 0.5) is 10.5 Å². The molecule has 0 unspecified atom stereocenters. The molecule has 1 fully saturated rings. The molecular formula is C21H26ClN3O2S. The van der Waals surface area contributed by atoms with Gasteiger partial charge < -0.3 is 15.0 Å². The molecule has 3 rings (SSSR count). The Hall–Kier alpha value is -1.89. The van der Waals surface area contributed by atoms with Gasteiger partial charge in [-0.05, 0) is 35.9 Å². The number of carbonyl (C=O) groups excluding carboxylic acids is 1. The Morgan fingerprint density at radius 2 is 1.89 bits per heavy atom. The Bertz CT molecular complexity index is 767. The van der Waals surface area contributed by atoms with E-state index < -0.39 is 0 Å². The van der Waals surface area contributed by atoms with E-state index in [2.05, 4.69) is 16.3 Å². The summed E-state index contributed by atoms with van der Waals surface area (Å²) in [5, 5.41) is 3.71. The zero-order chi connectivity index (χ0) is 19.8. The maximum absolute atomic E-state index is 12.6. The molecule has 0 radical (unpaired) electrons. The molecule has 1 saturated heterocycles. The molecule has 28 heavy (non-hydrogen) atoms. The van der Waals surface area contributed by atoms with Crippen LogP contribution in [0.1, 0.15) is 5.56 Å². The van der Waals surface area contributed by atoms with Crippen molar-refractivity contribution in [1.82, 2.24) is 9.80 Å². The third-order valence-corrected chi connectivity index (χ3v) is 5.81. The zero-order valence-corrected chi connectivity index (χ0v) is 17.6. The van der Waals surface area contributed by atoms with Crippen LogP contribution in [0.15, 0.2) is 48.5 Å². The molecule has 2 aromatic carbocycles. The summed E-state index contributed by atoms with van der Waals surface area (Å²) < 4.78 is 5.67. The molecular weight excluding hydrogens is 394 g/mol. The van der Waals surface area contributed by atoms with Crippen LogP contribution in [-0.4, -0.2) is 60.6 Å². The molecule has 0 spiro atoms. The number of urea groups is 1. The van der Waals surface area contributed by atoms with Gasteiger partial charge >= 0.3 is 6.03 Å². The second-order valence-corrected chi connectivity index (χ2v) is 8.36. The highest BCUT2D eigenvalue weighted by Crippen LogP contribution is 2.20. The third-order valence-electron chi connectivity index (χ3n) is 4.61. The highest BCUT2D eigenvalue weighted by atomic mass is 35.5. The summed E-state index contributed by atoms with van der Waals surface area (Å²) >= 11 is 7.87. The highest BCUT2D eigenvalue weighted by Gasteiger charge is 2.15. The Labute approximate surface area is 176 Å². The van der Waals surface area contributed by atoms with E-state index in [-0.39, 0.29) is 6.03 Å². The lowest BCUT2D eigenvalue weighted by molar-refractivity contribution is 0.207. The number of anilines is 1. The molecule has 0 saturated carbocycles. The predicted molar refractivity (Wildman–Crippen MR) is 118 cm³/mol. The normalized spacial score (nSPS) is 14.5. The van der Waals surface area contributed by atoms with Crippen molar-refractivity contribution in [3.05, 3.63) is 59.1 Å². The molecule has 1 aliphatic rings. The van der Waals surface area contributed by atoms with Crippen molar-refractivity contribution >= 4 is 35.1 Å². The maximum Gasteiger partial charge on any atom is 0.321 e. The van der Waals surface area contributed by atoms with Gasteiger partial charge in [0, 0.05) is 48.9 Å². The van der Waals surface area contributed by atoms with Gasteiger partial charge in [-0.2, -0.15) is 11.8 Å².